The highest BCUT2D eigenvalue weighted by Gasteiger charge is 2.39. The summed E-state index contributed by atoms with van der Waals surface area (Å²) in [5, 5.41) is 24.1. The summed E-state index contributed by atoms with van der Waals surface area (Å²) < 4.78 is 5.39. The maximum absolute atomic E-state index is 12.8. The standard InChI is InChI=1S/C26H29N3O7/c1-15(30)23(24(32)29-12-6-11-21(29)25(33)34)28-22(31)13-27-26(35)36-14-20-18-9-4-2-7-16(18)17-8-3-5-10-19(17)20/h2-5,7-10,15,20-21,23,30H,6,11-14H2,1H3,(H,27,35)(H,28,31)(H,33,34)/t15-,21+,23+/m1/s1. The predicted molar refractivity (Wildman–Crippen MR) is 129 cm³/mol. The number of ether oxygens (including phenoxy) is 1. The van der Waals surface area contributed by atoms with Crippen LogP contribution in [0.1, 0.15) is 36.8 Å². The fourth-order valence-electron chi connectivity index (χ4n) is 4.88. The molecule has 4 N–H and O–H groups in total. The fraction of sp³-hybridized carbons (Fsp3) is 0.385. The molecule has 1 aliphatic heterocycles. The average Bonchev–Trinajstić information content (AvgIpc) is 3.48. The van der Waals surface area contributed by atoms with Gasteiger partial charge in [-0.3, -0.25) is 9.59 Å². The van der Waals surface area contributed by atoms with Crippen molar-refractivity contribution in [2.24, 2.45) is 0 Å². The molecule has 0 saturated carbocycles. The van der Waals surface area contributed by atoms with Crippen LogP contribution in [0.4, 0.5) is 4.79 Å². The lowest BCUT2D eigenvalue weighted by Crippen LogP contribution is -2.57. The van der Waals surface area contributed by atoms with Crippen LogP contribution in [-0.2, 0) is 19.1 Å². The minimum absolute atomic E-state index is 0.0851. The number of carbonyl (C=O) groups excluding carboxylic acids is 3. The van der Waals surface area contributed by atoms with Gasteiger partial charge in [-0.15, -0.1) is 0 Å². The lowest BCUT2D eigenvalue weighted by Gasteiger charge is -2.28. The summed E-state index contributed by atoms with van der Waals surface area (Å²) in [6, 6.07) is 13.5. The average molecular weight is 496 g/mol. The van der Waals surface area contributed by atoms with Gasteiger partial charge in [-0.05, 0) is 42.0 Å². The normalized spacial score (nSPS) is 18.1. The minimum Gasteiger partial charge on any atom is -0.480 e. The van der Waals surface area contributed by atoms with Crippen molar-refractivity contribution >= 4 is 23.9 Å². The SMILES string of the molecule is C[C@@H](O)[C@H](NC(=O)CNC(=O)OCC1c2ccccc2-c2ccccc21)C(=O)N1CCC[C@H]1C(=O)O. The largest absolute Gasteiger partial charge is 0.480 e. The molecule has 10 heteroatoms. The summed E-state index contributed by atoms with van der Waals surface area (Å²) in [5.74, 6) is -2.65. The number of alkyl carbamates (subject to hydrolysis) is 1. The molecule has 2 aromatic carbocycles. The highest BCUT2D eigenvalue weighted by Crippen LogP contribution is 2.44. The Kier molecular flexibility index (Phi) is 7.54. The summed E-state index contributed by atoms with van der Waals surface area (Å²) in [6.45, 7) is 1.16. The van der Waals surface area contributed by atoms with Crippen molar-refractivity contribution in [1.29, 1.82) is 0 Å². The third-order valence-corrected chi connectivity index (χ3v) is 6.62. The first-order chi connectivity index (χ1) is 17.3. The highest BCUT2D eigenvalue weighted by molar-refractivity contribution is 5.92. The van der Waals surface area contributed by atoms with E-state index in [0.717, 1.165) is 27.2 Å². The van der Waals surface area contributed by atoms with Crippen LogP contribution in [0.3, 0.4) is 0 Å². The van der Waals surface area contributed by atoms with Gasteiger partial charge in [0.2, 0.25) is 11.8 Å². The summed E-state index contributed by atoms with van der Waals surface area (Å²) >= 11 is 0. The summed E-state index contributed by atoms with van der Waals surface area (Å²) in [6.07, 6.45) is -1.22. The van der Waals surface area contributed by atoms with E-state index in [1.54, 1.807) is 0 Å². The number of likely N-dealkylation sites (tertiary alicyclic amines) is 1. The van der Waals surface area contributed by atoms with Crippen molar-refractivity contribution in [1.82, 2.24) is 15.5 Å². The number of aliphatic hydroxyl groups is 1. The number of carboxylic acid groups (broad SMARTS) is 1. The Balaban J connectivity index is 1.30. The first-order valence-corrected chi connectivity index (χ1v) is 11.9. The number of benzene rings is 2. The Labute approximate surface area is 208 Å². The number of hydrogen-bond acceptors (Lipinski definition) is 6. The number of carbonyl (C=O) groups is 4. The molecule has 0 radical (unpaired) electrons. The quantitative estimate of drug-likeness (QED) is 0.434. The molecule has 0 spiro atoms. The summed E-state index contributed by atoms with van der Waals surface area (Å²) in [7, 11) is 0. The lowest BCUT2D eigenvalue weighted by molar-refractivity contribution is -0.150. The molecule has 2 aliphatic rings. The lowest BCUT2D eigenvalue weighted by atomic mass is 9.98. The first kappa shape index (κ1) is 25.2. The Morgan fingerprint density at radius 2 is 1.67 bits per heavy atom. The molecular weight excluding hydrogens is 466 g/mol. The second-order valence-corrected chi connectivity index (χ2v) is 8.99. The zero-order valence-electron chi connectivity index (χ0n) is 19.8. The molecule has 1 aliphatic carbocycles. The van der Waals surface area contributed by atoms with Gasteiger partial charge in [0.1, 0.15) is 25.2 Å². The predicted octanol–water partition coefficient (Wildman–Crippen LogP) is 1.47. The van der Waals surface area contributed by atoms with Gasteiger partial charge in [-0.2, -0.15) is 0 Å². The molecule has 2 aromatic rings. The van der Waals surface area contributed by atoms with Crippen molar-refractivity contribution in [3.8, 4) is 11.1 Å². The van der Waals surface area contributed by atoms with Gasteiger partial charge >= 0.3 is 12.1 Å². The van der Waals surface area contributed by atoms with E-state index in [2.05, 4.69) is 10.6 Å². The molecule has 190 valence electrons. The number of carboxylic acids is 1. The smallest absolute Gasteiger partial charge is 0.407 e. The Morgan fingerprint density at radius 3 is 2.25 bits per heavy atom. The third kappa shape index (κ3) is 5.18. The van der Waals surface area contributed by atoms with Crippen molar-refractivity contribution in [2.45, 2.75) is 43.9 Å². The van der Waals surface area contributed by atoms with Crippen LogP contribution in [0, 0.1) is 0 Å². The number of fused-ring (bicyclic) bond motifs is 3. The molecule has 1 saturated heterocycles. The molecule has 4 rings (SSSR count). The van der Waals surface area contributed by atoms with Crippen molar-refractivity contribution in [3.05, 3.63) is 59.7 Å². The number of hydrogen-bond donors (Lipinski definition) is 4. The van der Waals surface area contributed by atoms with E-state index in [1.165, 1.54) is 6.92 Å². The Bertz CT molecular complexity index is 1120. The van der Waals surface area contributed by atoms with E-state index in [-0.39, 0.29) is 19.1 Å². The maximum Gasteiger partial charge on any atom is 0.407 e. The van der Waals surface area contributed by atoms with Gasteiger partial charge in [0.15, 0.2) is 0 Å². The number of amides is 3. The van der Waals surface area contributed by atoms with Gasteiger partial charge < -0.3 is 30.5 Å². The van der Waals surface area contributed by atoms with E-state index in [0.29, 0.717) is 12.8 Å². The van der Waals surface area contributed by atoms with Crippen molar-refractivity contribution in [2.75, 3.05) is 19.7 Å². The van der Waals surface area contributed by atoms with Crippen LogP contribution >= 0.6 is 0 Å². The molecule has 0 unspecified atom stereocenters. The second-order valence-electron chi connectivity index (χ2n) is 8.99. The molecule has 3 amide bonds. The first-order valence-electron chi connectivity index (χ1n) is 11.9. The van der Waals surface area contributed by atoms with E-state index >= 15 is 0 Å². The Hall–Kier alpha value is -3.92. The van der Waals surface area contributed by atoms with Crippen LogP contribution in [0.5, 0.6) is 0 Å². The van der Waals surface area contributed by atoms with Gasteiger partial charge in [0.05, 0.1) is 6.10 Å². The molecular formula is C26H29N3O7. The van der Waals surface area contributed by atoms with Crippen LogP contribution in [0.2, 0.25) is 0 Å². The molecule has 0 aromatic heterocycles. The van der Waals surface area contributed by atoms with Crippen molar-refractivity contribution in [3.63, 3.8) is 0 Å². The minimum atomic E-state index is -1.33. The van der Waals surface area contributed by atoms with Gasteiger partial charge in [0, 0.05) is 12.5 Å². The van der Waals surface area contributed by atoms with Crippen LogP contribution in [0.15, 0.2) is 48.5 Å². The van der Waals surface area contributed by atoms with E-state index in [9.17, 15) is 29.4 Å². The highest BCUT2D eigenvalue weighted by atomic mass is 16.5. The van der Waals surface area contributed by atoms with E-state index in [4.69, 9.17) is 4.74 Å². The number of rotatable bonds is 8. The van der Waals surface area contributed by atoms with Crippen LogP contribution in [0.25, 0.3) is 11.1 Å². The number of nitrogens with zero attached hydrogens (tertiary/aromatic N) is 1. The third-order valence-electron chi connectivity index (χ3n) is 6.62. The van der Waals surface area contributed by atoms with Crippen LogP contribution < -0.4 is 10.6 Å². The molecule has 1 fully saturated rings. The van der Waals surface area contributed by atoms with Gasteiger partial charge in [-0.1, -0.05) is 48.5 Å². The molecule has 0 bridgehead atoms. The zero-order valence-corrected chi connectivity index (χ0v) is 19.8. The maximum atomic E-state index is 12.8. The Morgan fingerprint density at radius 1 is 1.06 bits per heavy atom. The molecule has 3 atom stereocenters. The fourth-order valence-corrected chi connectivity index (χ4v) is 4.88. The van der Waals surface area contributed by atoms with E-state index < -0.39 is 48.6 Å². The van der Waals surface area contributed by atoms with Gasteiger partial charge in [-0.25, -0.2) is 9.59 Å². The second kappa shape index (κ2) is 10.8. The zero-order chi connectivity index (χ0) is 25.8. The topological polar surface area (TPSA) is 145 Å². The molecule has 1 heterocycles. The van der Waals surface area contributed by atoms with Crippen molar-refractivity contribution < 1.29 is 34.1 Å². The number of aliphatic hydroxyl groups excluding tert-OH is 1. The number of aliphatic carboxylic acids is 1. The van der Waals surface area contributed by atoms with Crippen LogP contribution in [-0.4, -0.2) is 76.9 Å². The number of nitrogens with one attached hydrogen (secondary N) is 2. The van der Waals surface area contributed by atoms with E-state index in [1.807, 2.05) is 48.5 Å². The van der Waals surface area contributed by atoms with Gasteiger partial charge in [0.25, 0.3) is 0 Å². The monoisotopic (exact) mass is 495 g/mol. The molecule has 10 nitrogen and oxygen atoms in total. The molecule has 36 heavy (non-hydrogen) atoms. The summed E-state index contributed by atoms with van der Waals surface area (Å²) in [4.78, 5) is 50.1. The summed E-state index contributed by atoms with van der Waals surface area (Å²) in [5.41, 5.74) is 4.31.